The van der Waals surface area contributed by atoms with Crippen molar-refractivity contribution in [3.8, 4) is 0 Å². The first-order valence-electron chi connectivity index (χ1n) is 5.09. The van der Waals surface area contributed by atoms with Gasteiger partial charge in [-0.05, 0) is 54.2 Å². The van der Waals surface area contributed by atoms with E-state index < -0.39 is 0 Å². The Morgan fingerprint density at radius 3 is 3.00 bits per heavy atom. The molecule has 1 aromatic rings. The van der Waals surface area contributed by atoms with Crippen LogP contribution in [0.1, 0.15) is 29.4 Å². The van der Waals surface area contributed by atoms with E-state index in [4.69, 9.17) is 0 Å². The molecule has 0 bridgehead atoms. The molecular formula is C11H16OS2. The van der Waals surface area contributed by atoms with E-state index in [0.717, 1.165) is 11.3 Å². The first-order chi connectivity index (χ1) is 6.79. The smallest absolute Gasteiger partial charge is 0.0836 e. The van der Waals surface area contributed by atoms with E-state index in [-0.39, 0.29) is 6.10 Å². The standard InChI is InChI=1S/C11H16OS2/c1-8-10(4-6-14-8)11(12)9-3-2-5-13-7-9/h4,6,9,11-12H,2-3,5,7H2,1H3. The van der Waals surface area contributed by atoms with Gasteiger partial charge < -0.3 is 5.11 Å². The maximum absolute atomic E-state index is 10.2. The second kappa shape index (κ2) is 4.69. The van der Waals surface area contributed by atoms with E-state index >= 15 is 0 Å². The largest absolute Gasteiger partial charge is 0.388 e. The lowest BCUT2D eigenvalue weighted by Gasteiger charge is -2.26. The Kier molecular flexibility index (Phi) is 3.52. The molecule has 0 radical (unpaired) electrons. The summed E-state index contributed by atoms with van der Waals surface area (Å²) in [7, 11) is 0. The van der Waals surface area contributed by atoms with Gasteiger partial charge in [-0.15, -0.1) is 11.3 Å². The Bertz CT molecular complexity index is 289. The molecule has 1 nitrogen and oxygen atoms in total. The van der Waals surface area contributed by atoms with Crippen LogP contribution in [0, 0.1) is 12.8 Å². The van der Waals surface area contributed by atoms with Crippen LogP contribution in [0.4, 0.5) is 0 Å². The van der Waals surface area contributed by atoms with Crippen LogP contribution in [0.25, 0.3) is 0 Å². The topological polar surface area (TPSA) is 20.2 Å². The highest BCUT2D eigenvalue weighted by molar-refractivity contribution is 7.99. The molecule has 0 amide bonds. The van der Waals surface area contributed by atoms with Crippen LogP contribution < -0.4 is 0 Å². The van der Waals surface area contributed by atoms with Gasteiger partial charge in [0.25, 0.3) is 0 Å². The van der Waals surface area contributed by atoms with Crippen molar-refractivity contribution in [1.29, 1.82) is 0 Å². The van der Waals surface area contributed by atoms with Gasteiger partial charge in [-0.1, -0.05) is 0 Å². The van der Waals surface area contributed by atoms with Gasteiger partial charge in [0.2, 0.25) is 0 Å². The maximum atomic E-state index is 10.2. The van der Waals surface area contributed by atoms with E-state index in [9.17, 15) is 5.11 Å². The predicted molar refractivity (Wildman–Crippen MR) is 64.1 cm³/mol. The lowest BCUT2D eigenvalue weighted by atomic mass is 9.93. The number of hydrogen-bond acceptors (Lipinski definition) is 3. The SMILES string of the molecule is Cc1sccc1C(O)C1CCCSC1. The van der Waals surface area contributed by atoms with Gasteiger partial charge in [0.05, 0.1) is 6.10 Å². The fourth-order valence-electron chi connectivity index (χ4n) is 1.97. The van der Waals surface area contributed by atoms with E-state index in [0.29, 0.717) is 5.92 Å². The van der Waals surface area contributed by atoms with Crippen LogP contribution in [0.5, 0.6) is 0 Å². The van der Waals surface area contributed by atoms with Crippen LogP contribution in [0.15, 0.2) is 11.4 Å². The number of hydrogen-bond donors (Lipinski definition) is 1. The van der Waals surface area contributed by atoms with Gasteiger partial charge in [0.15, 0.2) is 0 Å². The molecular weight excluding hydrogens is 212 g/mol. The van der Waals surface area contributed by atoms with E-state index in [1.54, 1.807) is 11.3 Å². The number of thiophene rings is 1. The molecule has 2 unspecified atom stereocenters. The molecule has 0 saturated carbocycles. The number of rotatable bonds is 2. The monoisotopic (exact) mass is 228 g/mol. The van der Waals surface area contributed by atoms with Crippen molar-refractivity contribution >= 4 is 23.1 Å². The Morgan fingerprint density at radius 2 is 2.43 bits per heavy atom. The molecule has 1 aliphatic heterocycles. The predicted octanol–water partition coefficient (Wildman–Crippen LogP) is 3.23. The van der Waals surface area contributed by atoms with Gasteiger partial charge in [-0.3, -0.25) is 0 Å². The molecule has 2 heterocycles. The summed E-state index contributed by atoms with van der Waals surface area (Å²) in [5.41, 5.74) is 1.16. The minimum absolute atomic E-state index is 0.228. The van der Waals surface area contributed by atoms with Crippen LogP contribution in [0.3, 0.4) is 0 Å². The summed E-state index contributed by atoms with van der Waals surface area (Å²) in [6.45, 7) is 2.10. The Morgan fingerprint density at radius 1 is 1.57 bits per heavy atom. The third kappa shape index (κ3) is 2.15. The second-order valence-electron chi connectivity index (χ2n) is 3.85. The van der Waals surface area contributed by atoms with Gasteiger partial charge in [-0.25, -0.2) is 0 Å². The third-order valence-electron chi connectivity index (χ3n) is 2.86. The van der Waals surface area contributed by atoms with Crippen molar-refractivity contribution in [2.45, 2.75) is 25.9 Å². The zero-order valence-corrected chi connectivity index (χ0v) is 10.0. The fraction of sp³-hybridized carbons (Fsp3) is 0.636. The average Bonchev–Trinajstić information content (AvgIpc) is 2.65. The molecule has 14 heavy (non-hydrogen) atoms. The van der Waals surface area contributed by atoms with Crippen molar-refractivity contribution in [3.05, 3.63) is 21.9 Å². The lowest BCUT2D eigenvalue weighted by molar-refractivity contribution is 0.113. The molecule has 1 aliphatic rings. The zero-order valence-electron chi connectivity index (χ0n) is 8.40. The molecule has 2 rings (SSSR count). The Labute approximate surface area is 93.5 Å². The van der Waals surface area contributed by atoms with Crippen molar-refractivity contribution < 1.29 is 5.11 Å². The molecule has 1 fully saturated rings. The molecule has 1 saturated heterocycles. The summed E-state index contributed by atoms with van der Waals surface area (Å²) >= 11 is 3.71. The summed E-state index contributed by atoms with van der Waals surface area (Å²) in [5.74, 6) is 2.87. The highest BCUT2D eigenvalue weighted by Crippen LogP contribution is 2.35. The Balaban J connectivity index is 2.07. The first kappa shape index (κ1) is 10.5. The van der Waals surface area contributed by atoms with Crippen LogP contribution in [0.2, 0.25) is 0 Å². The lowest BCUT2D eigenvalue weighted by Crippen LogP contribution is -2.19. The minimum atomic E-state index is -0.228. The van der Waals surface area contributed by atoms with E-state index in [1.807, 2.05) is 11.8 Å². The zero-order chi connectivity index (χ0) is 9.97. The van der Waals surface area contributed by atoms with Crippen molar-refractivity contribution in [2.24, 2.45) is 5.92 Å². The minimum Gasteiger partial charge on any atom is -0.388 e. The average molecular weight is 228 g/mol. The summed E-state index contributed by atoms with van der Waals surface area (Å²) < 4.78 is 0. The van der Waals surface area contributed by atoms with Crippen molar-refractivity contribution in [2.75, 3.05) is 11.5 Å². The fourth-order valence-corrected chi connectivity index (χ4v) is 3.90. The van der Waals surface area contributed by atoms with Gasteiger partial charge in [0.1, 0.15) is 0 Å². The second-order valence-corrected chi connectivity index (χ2v) is 6.12. The number of thioether (sulfide) groups is 1. The molecule has 1 aromatic heterocycles. The molecule has 0 aliphatic carbocycles. The summed E-state index contributed by atoms with van der Waals surface area (Å²) in [4.78, 5) is 1.27. The van der Waals surface area contributed by atoms with Crippen molar-refractivity contribution in [3.63, 3.8) is 0 Å². The molecule has 1 N–H and O–H groups in total. The highest BCUT2D eigenvalue weighted by Gasteiger charge is 2.24. The number of aliphatic hydroxyl groups is 1. The van der Waals surface area contributed by atoms with E-state index in [1.165, 1.54) is 23.5 Å². The molecule has 3 heteroatoms. The highest BCUT2D eigenvalue weighted by atomic mass is 32.2. The van der Waals surface area contributed by atoms with Crippen LogP contribution >= 0.6 is 23.1 Å². The molecule has 0 aromatic carbocycles. The van der Waals surface area contributed by atoms with Gasteiger partial charge in [-0.2, -0.15) is 11.8 Å². The molecule has 0 spiro atoms. The quantitative estimate of drug-likeness (QED) is 0.838. The summed E-state index contributed by atoms with van der Waals surface area (Å²) in [6, 6.07) is 2.07. The van der Waals surface area contributed by atoms with Crippen LogP contribution in [-0.2, 0) is 0 Å². The van der Waals surface area contributed by atoms with Crippen molar-refractivity contribution in [1.82, 2.24) is 0 Å². The number of aliphatic hydroxyl groups excluding tert-OH is 1. The third-order valence-corrected chi connectivity index (χ3v) is 4.96. The maximum Gasteiger partial charge on any atom is 0.0836 e. The Hall–Kier alpha value is 0.01000. The summed E-state index contributed by atoms with van der Waals surface area (Å²) in [6.07, 6.45) is 2.22. The normalized spacial score (nSPS) is 24.9. The summed E-state index contributed by atoms with van der Waals surface area (Å²) in [5, 5.41) is 12.3. The molecule has 78 valence electrons. The van der Waals surface area contributed by atoms with Crippen LogP contribution in [-0.4, -0.2) is 16.6 Å². The van der Waals surface area contributed by atoms with Gasteiger partial charge >= 0.3 is 0 Å². The first-order valence-corrected chi connectivity index (χ1v) is 7.12. The van der Waals surface area contributed by atoms with E-state index in [2.05, 4.69) is 18.4 Å². The molecule has 2 atom stereocenters. The number of aryl methyl sites for hydroxylation is 1. The van der Waals surface area contributed by atoms with Gasteiger partial charge in [0, 0.05) is 4.88 Å².